The molecule has 1 aromatic carbocycles. The summed E-state index contributed by atoms with van der Waals surface area (Å²) in [6, 6.07) is 5.53. The van der Waals surface area contributed by atoms with E-state index in [0.29, 0.717) is 41.1 Å². The van der Waals surface area contributed by atoms with E-state index in [-0.39, 0.29) is 18.0 Å². The van der Waals surface area contributed by atoms with Crippen LogP contribution in [0.2, 0.25) is 0 Å². The number of alkyl carbamates (subject to hydrolysis) is 1. The molecule has 3 rings (SSSR count). The second kappa shape index (κ2) is 10.8. The molecule has 0 atom stereocenters. The van der Waals surface area contributed by atoms with Gasteiger partial charge in [0.15, 0.2) is 12.2 Å². The molecule has 2 aromatic heterocycles. The number of aromatic nitrogens is 2. The maximum Gasteiger partial charge on any atom is 0.407 e. The lowest BCUT2D eigenvalue weighted by atomic mass is 10.0. The lowest BCUT2D eigenvalue weighted by Crippen LogP contribution is -2.35. The van der Waals surface area contributed by atoms with Crippen molar-refractivity contribution in [3.05, 3.63) is 46.8 Å². The normalized spacial score (nSPS) is 11.7. The second-order valence-corrected chi connectivity index (χ2v) is 9.77. The number of carbonyl (C=O) groups is 1. The average molecular weight is 470 g/mol. The Labute approximate surface area is 200 Å². The minimum atomic E-state index is -0.627. The van der Waals surface area contributed by atoms with Crippen LogP contribution in [0.5, 0.6) is 5.75 Å². The number of nitrogens with zero attached hydrogens (tertiary/aromatic N) is 2. The minimum absolute atomic E-state index is 0.0980. The summed E-state index contributed by atoms with van der Waals surface area (Å²) in [6.45, 7) is 12.7. The summed E-state index contributed by atoms with van der Waals surface area (Å²) in [5.74, 6) is 1.40. The third-order valence-electron chi connectivity index (χ3n) is 5.14. The van der Waals surface area contributed by atoms with Crippen molar-refractivity contribution < 1.29 is 18.7 Å². The number of nitrogens with one attached hydrogen (secondary N) is 1. The molecule has 0 spiro atoms. The molecular weight excluding hydrogens is 434 g/mol. The predicted octanol–water partition coefficient (Wildman–Crippen LogP) is 5.52. The van der Waals surface area contributed by atoms with Crippen molar-refractivity contribution in [1.82, 2.24) is 14.9 Å². The van der Waals surface area contributed by atoms with Gasteiger partial charge in [-0.15, -0.1) is 0 Å². The number of oxazole rings is 1. The average Bonchev–Trinajstić information content (AvgIpc) is 3.29. The van der Waals surface area contributed by atoms with Gasteiger partial charge in [0.05, 0.1) is 30.4 Å². The summed E-state index contributed by atoms with van der Waals surface area (Å²) >= 11 is 0. The van der Waals surface area contributed by atoms with Crippen molar-refractivity contribution in [2.24, 2.45) is 5.92 Å². The van der Waals surface area contributed by atoms with Gasteiger partial charge in [0.25, 0.3) is 5.56 Å². The van der Waals surface area contributed by atoms with Crippen LogP contribution >= 0.6 is 0 Å². The number of unbranched alkanes of at least 4 members (excludes halogenated alkanes) is 1. The number of hydrogen-bond acceptors (Lipinski definition) is 6. The zero-order chi connectivity index (χ0) is 24.9. The number of amides is 1. The van der Waals surface area contributed by atoms with Crippen LogP contribution in [0.25, 0.3) is 22.1 Å². The monoisotopic (exact) mass is 469 g/mol. The first kappa shape index (κ1) is 25.3. The molecule has 3 aromatic rings. The molecule has 2 heterocycles. The maximum absolute atomic E-state index is 13.6. The Morgan fingerprint density at radius 2 is 2.00 bits per heavy atom. The number of carbonyl (C=O) groups excluding carboxylic acids is 1. The van der Waals surface area contributed by atoms with Crippen LogP contribution in [0.15, 0.2) is 40.0 Å². The first-order chi connectivity index (χ1) is 16.1. The number of fused-ring (bicyclic) bond motifs is 1. The molecule has 0 saturated carbocycles. The van der Waals surface area contributed by atoms with Crippen molar-refractivity contribution in [2.45, 2.75) is 73.1 Å². The van der Waals surface area contributed by atoms with E-state index in [4.69, 9.17) is 13.9 Å². The lowest BCUT2D eigenvalue weighted by Gasteiger charge is -2.23. The van der Waals surface area contributed by atoms with E-state index in [1.807, 2.05) is 46.8 Å². The number of benzene rings is 1. The van der Waals surface area contributed by atoms with Gasteiger partial charge in [-0.1, -0.05) is 33.3 Å². The Bertz CT molecular complexity index is 1170. The van der Waals surface area contributed by atoms with E-state index >= 15 is 0 Å². The van der Waals surface area contributed by atoms with Crippen LogP contribution < -0.4 is 15.6 Å². The summed E-state index contributed by atoms with van der Waals surface area (Å²) in [4.78, 5) is 30.0. The molecule has 34 heavy (non-hydrogen) atoms. The highest BCUT2D eigenvalue weighted by molar-refractivity contribution is 5.91. The van der Waals surface area contributed by atoms with Gasteiger partial charge in [0.1, 0.15) is 11.4 Å². The highest BCUT2D eigenvalue weighted by atomic mass is 16.6. The van der Waals surface area contributed by atoms with Gasteiger partial charge in [-0.25, -0.2) is 9.78 Å². The largest absolute Gasteiger partial charge is 0.491 e. The molecule has 1 amide bonds. The molecule has 184 valence electrons. The summed E-state index contributed by atoms with van der Waals surface area (Å²) < 4.78 is 18.9. The topological polar surface area (TPSA) is 95.6 Å². The highest BCUT2D eigenvalue weighted by Gasteiger charge is 2.22. The van der Waals surface area contributed by atoms with Gasteiger partial charge in [0.2, 0.25) is 0 Å². The van der Waals surface area contributed by atoms with Crippen molar-refractivity contribution in [3.63, 3.8) is 0 Å². The molecule has 8 nitrogen and oxygen atoms in total. The molecule has 0 aliphatic heterocycles. The van der Waals surface area contributed by atoms with Crippen LogP contribution in [0, 0.1) is 5.92 Å². The number of hydrogen-bond donors (Lipinski definition) is 1. The summed E-state index contributed by atoms with van der Waals surface area (Å²) in [7, 11) is 0. The van der Waals surface area contributed by atoms with E-state index < -0.39 is 11.7 Å². The van der Waals surface area contributed by atoms with Crippen LogP contribution in [0.1, 0.15) is 60.1 Å². The van der Waals surface area contributed by atoms with Crippen molar-refractivity contribution in [1.29, 1.82) is 0 Å². The number of pyridine rings is 1. The maximum atomic E-state index is 13.6. The van der Waals surface area contributed by atoms with Crippen LogP contribution in [0.4, 0.5) is 4.79 Å². The summed E-state index contributed by atoms with van der Waals surface area (Å²) in [5.41, 5.74) is 0.647. The second-order valence-electron chi connectivity index (χ2n) is 9.77. The molecule has 0 unspecified atom stereocenters. The zero-order valence-corrected chi connectivity index (χ0v) is 20.9. The van der Waals surface area contributed by atoms with Crippen molar-refractivity contribution >= 4 is 16.9 Å². The van der Waals surface area contributed by atoms with Crippen LogP contribution in [-0.4, -0.2) is 27.9 Å². The molecule has 8 heteroatoms. The molecular formula is C26H35N3O5. The smallest absolute Gasteiger partial charge is 0.407 e. The van der Waals surface area contributed by atoms with Crippen LogP contribution in [0.3, 0.4) is 0 Å². The van der Waals surface area contributed by atoms with Gasteiger partial charge < -0.3 is 23.8 Å². The Morgan fingerprint density at radius 3 is 2.62 bits per heavy atom. The molecule has 0 radical (unpaired) electrons. The van der Waals surface area contributed by atoms with E-state index in [1.165, 1.54) is 6.39 Å². The van der Waals surface area contributed by atoms with Crippen molar-refractivity contribution in [2.75, 3.05) is 6.61 Å². The SMILES string of the molecule is CCCCOc1c(CNC(=O)OC(C)(C)C)n(CC(C)C)c(=O)c2ccc(-c3cnco3)cc12. The molecule has 0 saturated heterocycles. The highest BCUT2D eigenvalue weighted by Crippen LogP contribution is 2.32. The van der Waals surface area contributed by atoms with E-state index in [1.54, 1.807) is 16.8 Å². The van der Waals surface area contributed by atoms with Crippen molar-refractivity contribution in [3.8, 4) is 17.1 Å². The molecule has 1 N–H and O–H groups in total. The van der Waals surface area contributed by atoms with E-state index in [2.05, 4.69) is 17.2 Å². The third-order valence-corrected chi connectivity index (χ3v) is 5.14. The first-order valence-corrected chi connectivity index (χ1v) is 11.8. The minimum Gasteiger partial charge on any atom is -0.491 e. The van der Waals surface area contributed by atoms with Gasteiger partial charge in [0, 0.05) is 17.5 Å². The van der Waals surface area contributed by atoms with Gasteiger partial charge >= 0.3 is 6.09 Å². The summed E-state index contributed by atoms with van der Waals surface area (Å²) in [6.07, 6.45) is 4.29. The van der Waals surface area contributed by atoms with Gasteiger partial charge in [-0.3, -0.25) is 4.79 Å². The Kier molecular flexibility index (Phi) is 8.02. The van der Waals surface area contributed by atoms with E-state index in [0.717, 1.165) is 18.4 Å². The zero-order valence-electron chi connectivity index (χ0n) is 20.9. The summed E-state index contributed by atoms with van der Waals surface area (Å²) in [5, 5.41) is 4.03. The lowest BCUT2D eigenvalue weighted by molar-refractivity contribution is 0.0521. The fourth-order valence-corrected chi connectivity index (χ4v) is 3.66. The molecule has 0 aliphatic rings. The molecule has 0 bridgehead atoms. The Hall–Kier alpha value is -3.29. The first-order valence-electron chi connectivity index (χ1n) is 11.8. The number of ether oxygens (including phenoxy) is 2. The predicted molar refractivity (Wildman–Crippen MR) is 132 cm³/mol. The van der Waals surface area contributed by atoms with Gasteiger partial charge in [-0.2, -0.15) is 0 Å². The van der Waals surface area contributed by atoms with Gasteiger partial charge in [-0.05, 0) is 45.2 Å². The molecule has 0 aliphatic carbocycles. The Balaban J connectivity index is 2.17. The van der Waals surface area contributed by atoms with E-state index in [9.17, 15) is 9.59 Å². The quantitative estimate of drug-likeness (QED) is 0.415. The Morgan fingerprint density at radius 1 is 1.24 bits per heavy atom. The molecule has 0 fully saturated rings. The van der Waals surface area contributed by atoms with Crippen LogP contribution in [-0.2, 0) is 17.8 Å². The third kappa shape index (κ3) is 6.18. The fraction of sp³-hybridized carbons (Fsp3) is 0.500. The number of rotatable bonds is 9. The fourth-order valence-electron chi connectivity index (χ4n) is 3.66. The standard InChI is InChI=1S/C26H35N3O5/c1-7-8-11-32-23-20-12-18(22-14-27-16-33-22)9-10-19(20)24(30)29(15-17(2)3)21(23)13-28-25(31)34-26(4,5)6/h9-10,12,14,16-17H,7-8,11,13,15H2,1-6H3,(H,28,31).